The van der Waals surface area contributed by atoms with Gasteiger partial charge in [-0.2, -0.15) is 0 Å². The van der Waals surface area contributed by atoms with Crippen molar-refractivity contribution in [3.8, 4) is 0 Å². The van der Waals surface area contributed by atoms with Crippen LogP contribution < -0.4 is 0 Å². The van der Waals surface area contributed by atoms with Crippen molar-refractivity contribution in [1.82, 2.24) is 4.67 Å². The summed E-state index contributed by atoms with van der Waals surface area (Å²) < 4.78 is 26.1. The Morgan fingerprint density at radius 3 is 2.42 bits per heavy atom. The predicted octanol–water partition coefficient (Wildman–Crippen LogP) is 5.63. The van der Waals surface area contributed by atoms with E-state index >= 15 is 0 Å². The van der Waals surface area contributed by atoms with Gasteiger partial charge in [0.25, 0.3) is 0 Å². The molecule has 1 heterocycles. The molecule has 0 saturated carbocycles. The highest BCUT2D eigenvalue weighted by molar-refractivity contribution is 7.51. The van der Waals surface area contributed by atoms with Crippen molar-refractivity contribution in [3.05, 3.63) is 57.2 Å². The van der Waals surface area contributed by atoms with Crippen LogP contribution in [0.15, 0.2) is 41.8 Å². The Bertz CT molecular complexity index is 656. The number of benzene rings is 1. The summed E-state index contributed by atoms with van der Waals surface area (Å²) in [6, 6.07) is 11.7. The Morgan fingerprint density at radius 1 is 1.12 bits per heavy atom. The van der Waals surface area contributed by atoms with Crippen LogP contribution >= 0.6 is 30.7 Å². The molecular formula is C17H23ClNO3PS. The molecule has 0 radical (unpaired) electrons. The van der Waals surface area contributed by atoms with E-state index < -0.39 is 7.75 Å². The molecule has 2 aromatic rings. The molecule has 0 fully saturated rings. The molecule has 0 amide bonds. The second-order valence-corrected chi connectivity index (χ2v) is 8.57. The first-order chi connectivity index (χ1) is 11.6. The monoisotopic (exact) mass is 387 g/mol. The SMILES string of the molecule is CCOP(=O)(OCC)N(CCc1cccs1)Cc1ccccc1Cl. The highest BCUT2D eigenvalue weighted by Gasteiger charge is 2.33. The summed E-state index contributed by atoms with van der Waals surface area (Å²) in [6.07, 6.45) is 0.784. The van der Waals surface area contributed by atoms with Gasteiger partial charge in [0.15, 0.2) is 0 Å². The number of halogens is 1. The third-order valence-corrected chi connectivity index (χ3v) is 6.95. The molecule has 0 spiro atoms. The van der Waals surface area contributed by atoms with Crippen molar-refractivity contribution >= 4 is 30.7 Å². The van der Waals surface area contributed by atoms with Gasteiger partial charge < -0.3 is 0 Å². The summed E-state index contributed by atoms with van der Waals surface area (Å²) in [6.45, 7) is 5.28. The Balaban J connectivity index is 2.21. The maximum absolute atomic E-state index is 13.2. The zero-order valence-electron chi connectivity index (χ0n) is 14.0. The molecule has 7 heteroatoms. The molecule has 2 rings (SSSR count). The smallest absolute Gasteiger partial charge is 0.297 e. The molecule has 0 atom stereocenters. The summed E-state index contributed by atoms with van der Waals surface area (Å²) in [5.41, 5.74) is 0.907. The zero-order valence-corrected chi connectivity index (χ0v) is 16.4. The first-order valence-corrected chi connectivity index (χ1v) is 10.7. The van der Waals surface area contributed by atoms with E-state index in [1.807, 2.05) is 49.6 Å². The summed E-state index contributed by atoms with van der Waals surface area (Å²) in [5.74, 6) is 0. The zero-order chi connectivity index (χ0) is 17.4. The number of hydrogen-bond acceptors (Lipinski definition) is 4. The minimum absolute atomic E-state index is 0.329. The lowest BCUT2D eigenvalue weighted by Crippen LogP contribution is -2.25. The molecular weight excluding hydrogens is 365 g/mol. The number of nitrogens with zero attached hydrogens (tertiary/aromatic N) is 1. The highest BCUT2D eigenvalue weighted by Crippen LogP contribution is 2.52. The standard InChI is InChI=1S/C17H23ClNO3PS/c1-3-21-23(20,22-4-2)19(12-11-16-9-7-13-24-16)14-15-8-5-6-10-17(15)18/h5-10,13H,3-4,11-12,14H2,1-2H3. The van der Waals surface area contributed by atoms with Gasteiger partial charge in [-0.15, -0.1) is 11.3 Å². The van der Waals surface area contributed by atoms with Crippen molar-refractivity contribution in [1.29, 1.82) is 0 Å². The normalized spacial score (nSPS) is 12.0. The van der Waals surface area contributed by atoms with E-state index in [4.69, 9.17) is 20.6 Å². The molecule has 0 aliphatic carbocycles. The molecule has 1 aromatic heterocycles. The maximum atomic E-state index is 13.2. The van der Waals surface area contributed by atoms with Gasteiger partial charge in [-0.1, -0.05) is 35.9 Å². The van der Waals surface area contributed by atoms with Gasteiger partial charge in [-0.3, -0.25) is 9.05 Å². The molecule has 1 aromatic carbocycles. The summed E-state index contributed by atoms with van der Waals surface area (Å²) >= 11 is 7.96. The topological polar surface area (TPSA) is 38.8 Å². The summed E-state index contributed by atoms with van der Waals surface area (Å²) in [7, 11) is -3.35. The largest absolute Gasteiger partial charge is 0.408 e. The van der Waals surface area contributed by atoms with Crippen molar-refractivity contribution in [3.63, 3.8) is 0 Å². The quantitative estimate of drug-likeness (QED) is 0.495. The van der Waals surface area contributed by atoms with E-state index in [-0.39, 0.29) is 0 Å². The van der Waals surface area contributed by atoms with Crippen LogP contribution in [-0.2, 0) is 26.6 Å². The number of thiophene rings is 1. The fourth-order valence-corrected chi connectivity index (χ4v) is 4.95. The third kappa shape index (κ3) is 5.41. The lowest BCUT2D eigenvalue weighted by atomic mass is 10.2. The molecule has 0 saturated heterocycles. The first kappa shape index (κ1) is 19.6. The summed E-state index contributed by atoms with van der Waals surface area (Å²) in [4.78, 5) is 1.23. The number of rotatable bonds is 10. The molecule has 0 N–H and O–H groups in total. The van der Waals surface area contributed by atoms with Crippen molar-refractivity contribution in [2.75, 3.05) is 19.8 Å². The van der Waals surface area contributed by atoms with Gasteiger partial charge in [-0.25, -0.2) is 9.24 Å². The molecule has 24 heavy (non-hydrogen) atoms. The lowest BCUT2D eigenvalue weighted by Gasteiger charge is -2.30. The van der Waals surface area contributed by atoms with E-state index in [0.29, 0.717) is 31.3 Å². The fraction of sp³-hybridized carbons (Fsp3) is 0.412. The van der Waals surface area contributed by atoms with Crippen molar-refractivity contribution < 1.29 is 13.6 Å². The predicted molar refractivity (Wildman–Crippen MR) is 101 cm³/mol. The minimum atomic E-state index is -3.35. The van der Waals surface area contributed by atoms with E-state index in [1.54, 1.807) is 16.0 Å². The fourth-order valence-electron chi connectivity index (χ4n) is 2.33. The second-order valence-electron chi connectivity index (χ2n) is 5.11. The van der Waals surface area contributed by atoms with Crippen LogP contribution in [0.4, 0.5) is 0 Å². The van der Waals surface area contributed by atoms with Gasteiger partial charge >= 0.3 is 7.75 Å². The summed E-state index contributed by atoms with van der Waals surface area (Å²) in [5, 5.41) is 2.69. The first-order valence-electron chi connectivity index (χ1n) is 7.99. The Labute approximate surface area is 152 Å². The van der Waals surface area contributed by atoms with Crippen molar-refractivity contribution in [2.45, 2.75) is 26.8 Å². The Kier molecular flexibility index (Phi) is 7.95. The molecule has 132 valence electrons. The average Bonchev–Trinajstić information content (AvgIpc) is 3.07. The van der Waals surface area contributed by atoms with E-state index in [1.165, 1.54) is 4.88 Å². The highest BCUT2D eigenvalue weighted by atomic mass is 35.5. The minimum Gasteiger partial charge on any atom is -0.297 e. The van der Waals surface area contributed by atoms with Gasteiger partial charge in [0.05, 0.1) is 13.2 Å². The Morgan fingerprint density at radius 2 is 1.83 bits per heavy atom. The van der Waals surface area contributed by atoms with Gasteiger partial charge in [0.1, 0.15) is 0 Å². The van der Waals surface area contributed by atoms with Crippen LogP contribution in [0, 0.1) is 0 Å². The van der Waals surface area contributed by atoms with Gasteiger partial charge in [-0.05, 0) is 43.3 Å². The molecule has 0 unspecified atom stereocenters. The molecule has 0 aliphatic heterocycles. The third-order valence-electron chi connectivity index (χ3n) is 3.44. The van der Waals surface area contributed by atoms with Crippen LogP contribution in [-0.4, -0.2) is 24.4 Å². The van der Waals surface area contributed by atoms with E-state index in [2.05, 4.69) is 6.07 Å². The van der Waals surface area contributed by atoms with Crippen LogP contribution in [0.5, 0.6) is 0 Å². The maximum Gasteiger partial charge on any atom is 0.408 e. The van der Waals surface area contributed by atoms with Crippen LogP contribution in [0.2, 0.25) is 5.02 Å². The van der Waals surface area contributed by atoms with Crippen molar-refractivity contribution in [2.24, 2.45) is 0 Å². The van der Waals surface area contributed by atoms with Crippen LogP contribution in [0.1, 0.15) is 24.3 Å². The van der Waals surface area contributed by atoms with Crippen LogP contribution in [0.3, 0.4) is 0 Å². The van der Waals surface area contributed by atoms with E-state index in [0.717, 1.165) is 12.0 Å². The second kappa shape index (κ2) is 9.71. The molecule has 4 nitrogen and oxygen atoms in total. The molecule has 0 bridgehead atoms. The lowest BCUT2D eigenvalue weighted by molar-refractivity contribution is 0.165. The number of hydrogen-bond donors (Lipinski definition) is 0. The Hall–Kier alpha value is -0.680. The average molecular weight is 388 g/mol. The molecule has 0 aliphatic rings. The van der Waals surface area contributed by atoms with E-state index in [9.17, 15) is 4.57 Å². The van der Waals surface area contributed by atoms with Crippen LogP contribution in [0.25, 0.3) is 0 Å². The van der Waals surface area contributed by atoms with Gasteiger partial charge in [0.2, 0.25) is 0 Å². The van der Waals surface area contributed by atoms with Gasteiger partial charge in [0, 0.05) is 23.0 Å².